The predicted molar refractivity (Wildman–Crippen MR) is 82.6 cm³/mol. The summed E-state index contributed by atoms with van der Waals surface area (Å²) in [6.07, 6.45) is 0.997. The van der Waals surface area contributed by atoms with Crippen LogP contribution in [0.4, 0.5) is 10.1 Å². The average Bonchev–Trinajstić information content (AvgIpc) is 2.48. The number of hydrogen-bond donors (Lipinski definition) is 2. The van der Waals surface area contributed by atoms with E-state index in [1.165, 1.54) is 23.8 Å². The van der Waals surface area contributed by atoms with E-state index in [1.807, 2.05) is 12.1 Å². The number of halogens is 2. The molecule has 0 heterocycles. The van der Waals surface area contributed by atoms with Gasteiger partial charge < -0.3 is 11.1 Å². The van der Waals surface area contributed by atoms with Gasteiger partial charge in [0, 0.05) is 6.54 Å². The zero-order valence-corrected chi connectivity index (χ0v) is 12.1. The molecule has 106 valence electrons. The van der Waals surface area contributed by atoms with Crippen molar-refractivity contribution in [3.05, 3.63) is 64.4 Å². The molecule has 2 aromatic rings. The molecule has 2 aromatic carbocycles. The third kappa shape index (κ3) is 3.50. The van der Waals surface area contributed by atoms with E-state index < -0.39 is 0 Å². The summed E-state index contributed by atoms with van der Waals surface area (Å²) < 4.78 is 13.3. The van der Waals surface area contributed by atoms with Crippen LogP contribution in [-0.4, -0.2) is 6.54 Å². The first kappa shape index (κ1) is 14.8. The number of rotatable bonds is 5. The molecule has 0 aliphatic carbocycles. The van der Waals surface area contributed by atoms with E-state index in [4.69, 9.17) is 17.3 Å². The molecular formula is C16H18ClFN2. The third-order valence-electron chi connectivity index (χ3n) is 3.28. The summed E-state index contributed by atoms with van der Waals surface area (Å²) in [4.78, 5) is 0. The van der Waals surface area contributed by atoms with Gasteiger partial charge in [-0.2, -0.15) is 0 Å². The standard InChI is InChI=1S/C16H18ClFN2/c1-2-11-3-5-12(6-4-11)16(10-19)20-15-9-13(18)7-8-14(15)17/h3-9,16,20H,2,10,19H2,1H3. The summed E-state index contributed by atoms with van der Waals surface area (Å²) in [5, 5.41) is 3.68. The summed E-state index contributed by atoms with van der Waals surface area (Å²) in [5.74, 6) is -0.325. The minimum Gasteiger partial charge on any atom is -0.376 e. The fourth-order valence-electron chi connectivity index (χ4n) is 2.06. The number of hydrogen-bond acceptors (Lipinski definition) is 2. The van der Waals surface area contributed by atoms with Crippen LogP contribution in [0.1, 0.15) is 24.1 Å². The first-order valence-corrected chi connectivity index (χ1v) is 7.02. The highest BCUT2D eigenvalue weighted by Gasteiger charge is 2.11. The monoisotopic (exact) mass is 292 g/mol. The van der Waals surface area contributed by atoms with Gasteiger partial charge in [-0.05, 0) is 35.7 Å². The minimum absolute atomic E-state index is 0.0970. The molecule has 1 atom stereocenters. The lowest BCUT2D eigenvalue weighted by molar-refractivity contribution is 0.627. The predicted octanol–water partition coefficient (Wildman–Crippen LogP) is 4.15. The summed E-state index contributed by atoms with van der Waals surface area (Å²) in [7, 11) is 0. The second-order valence-corrected chi connectivity index (χ2v) is 5.06. The van der Waals surface area contributed by atoms with E-state index in [2.05, 4.69) is 24.4 Å². The molecule has 0 spiro atoms. The average molecular weight is 293 g/mol. The largest absolute Gasteiger partial charge is 0.376 e. The lowest BCUT2D eigenvalue weighted by Crippen LogP contribution is -2.20. The van der Waals surface area contributed by atoms with Crippen molar-refractivity contribution in [1.29, 1.82) is 0 Å². The second-order valence-electron chi connectivity index (χ2n) is 4.65. The van der Waals surface area contributed by atoms with Crippen molar-refractivity contribution in [2.75, 3.05) is 11.9 Å². The zero-order valence-electron chi connectivity index (χ0n) is 11.4. The van der Waals surface area contributed by atoms with Crippen molar-refractivity contribution < 1.29 is 4.39 Å². The van der Waals surface area contributed by atoms with Crippen LogP contribution in [0.15, 0.2) is 42.5 Å². The minimum atomic E-state index is -0.325. The summed E-state index contributed by atoms with van der Waals surface area (Å²) in [5.41, 5.74) is 8.70. The number of nitrogens with two attached hydrogens (primary N) is 1. The number of anilines is 1. The van der Waals surface area contributed by atoms with Crippen molar-refractivity contribution in [2.45, 2.75) is 19.4 Å². The van der Waals surface area contributed by atoms with Crippen LogP contribution in [0, 0.1) is 5.82 Å². The van der Waals surface area contributed by atoms with Crippen molar-refractivity contribution >= 4 is 17.3 Å². The molecule has 4 heteroatoms. The molecule has 0 aliphatic rings. The molecule has 0 radical (unpaired) electrons. The highest BCUT2D eigenvalue weighted by molar-refractivity contribution is 6.33. The highest BCUT2D eigenvalue weighted by atomic mass is 35.5. The van der Waals surface area contributed by atoms with E-state index in [1.54, 1.807) is 0 Å². The fourth-order valence-corrected chi connectivity index (χ4v) is 2.23. The number of benzene rings is 2. The molecule has 0 amide bonds. The van der Waals surface area contributed by atoms with E-state index in [9.17, 15) is 4.39 Å². The van der Waals surface area contributed by atoms with Gasteiger partial charge in [0.25, 0.3) is 0 Å². The summed E-state index contributed by atoms with van der Waals surface area (Å²) in [6.45, 7) is 2.51. The van der Waals surface area contributed by atoms with Gasteiger partial charge in [-0.25, -0.2) is 4.39 Å². The van der Waals surface area contributed by atoms with Crippen molar-refractivity contribution in [3.8, 4) is 0 Å². The smallest absolute Gasteiger partial charge is 0.125 e. The maximum atomic E-state index is 13.3. The molecule has 0 saturated carbocycles. The Hall–Kier alpha value is -1.58. The molecule has 0 saturated heterocycles. The van der Waals surface area contributed by atoms with Crippen molar-refractivity contribution in [3.63, 3.8) is 0 Å². The Labute approximate surface area is 123 Å². The van der Waals surface area contributed by atoms with Crippen LogP contribution in [0.5, 0.6) is 0 Å². The zero-order chi connectivity index (χ0) is 14.5. The maximum absolute atomic E-state index is 13.3. The molecule has 0 fully saturated rings. The highest BCUT2D eigenvalue weighted by Crippen LogP contribution is 2.27. The Morgan fingerprint density at radius 3 is 2.50 bits per heavy atom. The van der Waals surface area contributed by atoms with Gasteiger partial charge in [-0.15, -0.1) is 0 Å². The lowest BCUT2D eigenvalue weighted by Gasteiger charge is -2.20. The van der Waals surface area contributed by atoms with Crippen molar-refractivity contribution in [1.82, 2.24) is 0 Å². The van der Waals surface area contributed by atoms with Gasteiger partial charge in [0.2, 0.25) is 0 Å². The Morgan fingerprint density at radius 2 is 1.90 bits per heavy atom. The molecule has 0 bridgehead atoms. The van der Waals surface area contributed by atoms with Gasteiger partial charge in [0.15, 0.2) is 0 Å². The SMILES string of the molecule is CCc1ccc(C(CN)Nc2cc(F)ccc2Cl)cc1. The van der Waals surface area contributed by atoms with E-state index in [0.717, 1.165) is 12.0 Å². The maximum Gasteiger partial charge on any atom is 0.125 e. The summed E-state index contributed by atoms with van der Waals surface area (Å²) >= 11 is 6.06. The van der Waals surface area contributed by atoms with Crippen molar-refractivity contribution in [2.24, 2.45) is 5.73 Å². The lowest BCUT2D eigenvalue weighted by atomic mass is 10.0. The molecule has 0 aliphatic heterocycles. The molecule has 1 unspecified atom stereocenters. The van der Waals surface area contributed by atoms with Gasteiger partial charge in [-0.3, -0.25) is 0 Å². The van der Waals surface area contributed by atoms with E-state index in [-0.39, 0.29) is 11.9 Å². The Balaban J connectivity index is 2.21. The Kier molecular flexibility index (Phi) is 4.99. The topological polar surface area (TPSA) is 38.0 Å². The first-order valence-electron chi connectivity index (χ1n) is 6.64. The van der Waals surface area contributed by atoms with Crippen LogP contribution in [0.3, 0.4) is 0 Å². The van der Waals surface area contributed by atoms with Crippen LogP contribution in [-0.2, 0) is 6.42 Å². The Bertz CT molecular complexity index is 569. The van der Waals surface area contributed by atoms with E-state index >= 15 is 0 Å². The second kappa shape index (κ2) is 6.73. The van der Waals surface area contributed by atoms with Crippen LogP contribution >= 0.6 is 11.6 Å². The van der Waals surface area contributed by atoms with Crippen LogP contribution < -0.4 is 11.1 Å². The van der Waals surface area contributed by atoms with Gasteiger partial charge in [0.05, 0.1) is 16.8 Å². The van der Waals surface area contributed by atoms with Crippen LogP contribution in [0.25, 0.3) is 0 Å². The van der Waals surface area contributed by atoms with Crippen LogP contribution in [0.2, 0.25) is 5.02 Å². The first-order chi connectivity index (χ1) is 9.63. The number of aryl methyl sites for hydroxylation is 1. The quantitative estimate of drug-likeness (QED) is 0.868. The molecular weight excluding hydrogens is 275 g/mol. The Morgan fingerprint density at radius 1 is 1.20 bits per heavy atom. The third-order valence-corrected chi connectivity index (χ3v) is 3.61. The summed E-state index contributed by atoms with van der Waals surface area (Å²) in [6, 6.07) is 12.4. The van der Waals surface area contributed by atoms with E-state index in [0.29, 0.717) is 17.3 Å². The fraction of sp³-hybridized carbons (Fsp3) is 0.250. The molecule has 0 aromatic heterocycles. The molecule has 2 rings (SSSR count). The van der Waals surface area contributed by atoms with Gasteiger partial charge >= 0.3 is 0 Å². The van der Waals surface area contributed by atoms with Gasteiger partial charge in [-0.1, -0.05) is 42.8 Å². The number of nitrogens with one attached hydrogen (secondary N) is 1. The molecule has 20 heavy (non-hydrogen) atoms. The molecule has 2 nitrogen and oxygen atoms in total. The molecule has 3 N–H and O–H groups in total. The normalized spacial score (nSPS) is 12.2. The van der Waals surface area contributed by atoms with Gasteiger partial charge in [0.1, 0.15) is 5.82 Å².